The number of amides is 4. The molecule has 0 spiro atoms. The largest absolute Gasteiger partial charge is 0.417 e. The van der Waals surface area contributed by atoms with Crippen LogP contribution < -0.4 is 26.6 Å². The van der Waals surface area contributed by atoms with Gasteiger partial charge in [0.25, 0.3) is 0 Å². The van der Waals surface area contributed by atoms with E-state index in [4.69, 9.17) is 5.73 Å². The Morgan fingerprint density at radius 1 is 0.905 bits per heavy atom. The van der Waals surface area contributed by atoms with Gasteiger partial charge in [-0.1, -0.05) is 24.3 Å². The maximum absolute atomic E-state index is 13.8. The van der Waals surface area contributed by atoms with Crippen molar-refractivity contribution in [3.05, 3.63) is 89.7 Å². The zero-order valence-electron chi connectivity index (χ0n) is 22.7. The number of nitrogens with zero attached hydrogens (tertiary/aromatic N) is 3. The highest BCUT2D eigenvalue weighted by Crippen LogP contribution is 2.40. The molecule has 4 amide bonds. The molecule has 5 N–H and O–H groups in total. The van der Waals surface area contributed by atoms with E-state index in [1.165, 1.54) is 55.5 Å². The molecule has 216 valence electrons. The summed E-state index contributed by atoms with van der Waals surface area (Å²) in [4.78, 5) is 46.0. The molecule has 42 heavy (non-hydrogen) atoms. The quantitative estimate of drug-likeness (QED) is 0.214. The lowest BCUT2D eigenvalue weighted by Gasteiger charge is -2.20. The molecule has 13 heteroatoms. The molecule has 4 rings (SSSR count). The average molecular weight is 578 g/mol. The summed E-state index contributed by atoms with van der Waals surface area (Å²) in [7, 11) is 1.46. The third kappa shape index (κ3) is 6.81. The number of nitrogens with one attached hydrogen (secondary N) is 3. The normalized spacial score (nSPS) is 11.0. The standard InChI is InChI=1S/C29H26F3N7O3/c1-16-10-11-18(26-21(27(33)41)8-5-9-22(26)29(30,31)32)12-23(16)38-28(42)39(3)25-14-24(34-15-35-25)37-20-7-4-6-19(13-20)36-17(2)40/h4-15H,1-3H3,(H2,33,41)(H,36,40)(H,38,42)(H,34,35,37). The van der Waals surface area contributed by atoms with Gasteiger partial charge in [-0.2, -0.15) is 13.2 Å². The van der Waals surface area contributed by atoms with Crippen LogP contribution >= 0.6 is 0 Å². The number of carbonyl (C=O) groups is 3. The van der Waals surface area contributed by atoms with Crippen molar-refractivity contribution >= 4 is 46.5 Å². The summed E-state index contributed by atoms with van der Waals surface area (Å²) >= 11 is 0. The Hall–Kier alpha value is -5.46. The van der Waals surface area contributed by atoms with Crippen LogP contribution in [-0.4, -0.2) is 34.9 Å². The van der Waals surface area contributed by atoms with Gasteiger partial charge in [0.1, 0.15) is 18.0 Å². The van der Waals surface area contributed by atoms with Gasteiger partial charge in [0.2, 0.25) is 11.8 Å². The minimum atomic E-state index is -4.75. The molecule has 0 unspecified atom stereocenters. The first-order chi connectivity index (χ1) is 19.8. The van der Waals surface area contributed by atoms with Crippen LogP contribution in [0.1, 0.15) is 28.4 Å². The van der Waals surface area contributed by atoms with Crippen LogP contribution in [0, 0.1) is 6.92 Å². The van der Waals surface area contributed by atoms with Crippen molar-refractivity contribution in [3.8, 4) is 11.1 Å². The predicted octanol–water partition coefficient (Wildman–Crippen LogP) is 5.94. The Morgan fingerprint density at radius 3 is 2.31 bits per heavy atom. The second-order valence-electron chi connectivity index (χ2n) is 9.26. The molecular weight excluding hydrogens is 551 g/mol. The van der Waals surface area contributed by atoms with Crippen molar-refractivity contribution in [2.45, 2.75) is 20.0 Å². The molecule has 0 bridgehead atoms. The molecule has 1 heterocycles. The number of alkyl halides is 3. The third-order valence-electron chi connectivity index (χ3n) is 6.16. The Balaban J connectivity index is 1.59. The summed E-state index contributed by atoms with van der Waals surface area (Å²) in [6.07, 6.45) is -3.50. The topological polar surface area (TPSA) is 142 Å². The van der Waals surface area contributed by atoms with E-state index < -0.39 is 23.7 Å². The monoisotopic (exact) mass is 577 g/mol. The van der Waals surface area contributed by atoms with Crippen molar-refractivity contribution < 1.29 is 27.6 Å². The molecule has 3 aromatic carbocycles. The first kappa shape index (κ1) is 29.5. The molecule has 0 saturated heterocycles. The fraction of sp³-hybridized carbons (Fsp3) is 0.138. The number of aryl methyl sites for hydroxylation is 1. The summed E-state index contributed by atoms with van der Waals surface area (Å²) in [5.74, 6) is -0.657. The van der Waals surface area contributed by atoms with Gasteiger partial charge in [0, 0.05) is 48.2 Å². The maximum atomic E-state index is 13.8. The van der Waals surface area contributed by atoms with Crippen molar-refractivity contribution in [3.63, 3.8) is 0 Å². The van der Waals surface area contributed by atoms with Crippen molar-refractivity contribution in [2.24, 2.45) is 5.73 Å². The second kappa shape index (κ2) is 12.0. The SMILES string of the molecule is CC(=O)Nc1cccc(Nc2cc(N(C)C(=O)Nc3cc(-c4c(C(N)=O)cccc4C(F)(F)F)ccc3C)ncn2)c1. The van der Waals surface area contributed by atoms with E-state index in [1.807, 2.05) is 0 Å². The molecule has 0 saturated carbocycles. The number of hydrogen-bond donors (Lipinski definition) is 4. The van der Waals surface area contributed by atoms with Crippen LogP contribution in [0.5, 0.6) is 0 Å². The van der Waals surface area contributed by atoms with E-state index in [-0.39, 0.29) is 34.1 Å². The molecular formula is C29H26F3N7O3. The van der Waals surface area contributed by atoms with E-state index >= 15 is 0 Å². The van der Waals surface area contributed by atoms with Crippen molar-refractivity contribution in [2.75, 3.05) is 27.9 Å². The van der Waals surface area contributed by atoms with E-state index in [0.717, 1.165) is 12.1 Å². The maximum Gasteiger partial charge on any atom is 0.417 e. The van der Waals surface area contributed by atoms with E-state index in [0.29, 0.717) is 22.8 Å². The zero-order valence-corrected chi connectivity index (χ0v) is 22.7. The smallest absolute Gasteiger partial charge is 0.366 e. The average Bonchev–Trinajstić information content (AvgIpc) is 2.93. The van der Waals surface area contributed by atoms with Crippen LogP contribution in [0.15, 0.2) is 73.1 Å². The molecule has 0 fully saturated rings. The number of halogens is 3. The molecule has 0 radical (unpaired) electrons. The second-order valence-corrected chi connectivity index (χ2v) is 9.26. The number of primary amides is 1. The summed E-state index contributed by atoms with van der Waals surface area (Å²) in [6.45, 7) is 3.07. The summed E-state index contributed by atoms with van der Waals surface area (Å²) < 4.78 is 41.5. The van der Waals surface area contributed by atoms with Crippen LogP contribution in [0.2, 0.25) is 0 Å². The predicted molar refractivity (Wildman–Crippen MR) is 154 cm³/mol. The fourth-order valence-electron chi connectivity index (χ4n) is 4.14. The van der Waals surface area contributed by atoms with Gasteiger partial charge >= 0.3 is 12.2 Å². The molecule has 10 nitrogen and oxygen atoms in total. The Kier molecular flexibility index (Phi) is 8.41. The lowest BCUT2D eigenvalue weighted by Crippen LogP contribution is -2.32. The number of rotatable bonds is 7. The Labute approximate surface area is 238 Å². The summed E-state index contributed by atoms with van der Waals surface area (Å²) in [5.41, 5.74) is 5.72. The van der Waals surface area contributed by atoms with E-state index in [1.54, 1.807) is 31.2 Å². The van der Waals surface area contributed by atoms with Crippen molar-refractivity contribution in [1.82, 2.24) is 9.97 Å². The van der Waals surface area contributed by atoms with Crippen LogP contribution in [0.4, 0.5) is 46.7 Å². The number of benzene rings is 3. The Bertz CT molecular complexity index is 1670. The Morgan fingerprint density at radius 2 is 1.62 bits per heavy atom. The minimum Gasteiger partial charge on any atom is -0.366 e. The number of anilines is 5. The molecule has 0 atom stereocenters. The summed E-state index contributed by atoms with van der Waals surface area (Å²) in [5, 5.41) is 8.45. The minimum absolute atomic E-state index is 0.0512. The van der Waals surface area contributed by atoms with Gasteiger partial charge < -0.3 is 21.7 Å². The number of nitrogens with two attached hydrogens (primary N) is 1. The highest BCUT2D eigenvalue weighted by molar-refractivity contribution is 6.03. The number of hydrogen-bond acceptors (Lipinski definition) is 6. The molecule has 1 aromatic heterocycles. The van der Waals surface area contributed by atoms with Gasteiger partial charge in [-0.25, -0.2) is 14.8 Å². The number of urea groups is 1. The van der Waals surface area contributed by atoms with Gasteiger partial charge in [-0.15, -0.1) is 0 Å². The van der Waals surface area contributed by atoms with Gasteiger partial charge in [-0.3, -0.25) is 14.5 Å². The highest BCUT2D eigenvalue weighted by Gasteiger charge is 2.35. The van der Waals surface area contributed by atoms with Gasteiger partial charge in [0.05, 0.1) is 5.56 Å². The number of carbonyl (C=O) groups excluding carboxylic acids is 3. The first-order valence-corrected chi connectivity index (χ1v) is 12.5. The van der Waals surface area contributed by atoms with E-state index in [9.17, 15) is 27.6 Å². The lowest BCUT2D eigenvalue weighted by atomic mass is 9.92. The molecule has 0 aliphatic carbocycles. The van der Waals surface area contributed by atoms with E-state index in [2.05, 4.69) is 25.9 Å². The molecule has 4 aromatic rings. The number of aromatic nitrogens is 2. The van der Waals surface area contributed by atoms with Crippen LogP contribution in [-0.2, 0) is 11.0 Å². The van der Waals surface area contributed by atoms with Crippen molar-refractivity contribution in [1.29, 1.82) is 0 Å². The van der Waals surface area contributed by atoms with Gasteiger partial charge in [0.15, 0.2) is 0 Å². The lowest BCUT2D eigenvalue weighted by molar-refractivity contribution is -0.137. The first-order valence-electron chi connectivity index (χ1n) is 12.5. The van der Waals surface area contributed by atoms with Crippen LogP contribution in [0.3, 0.4) is 0 Å². The van der Waals surface area contributed by atoms with Crippen LogP contribution in [0.25, 0.3) is 11.1 Å². The zero-order chi connectivity index (χ0) is 30.6. The summed E-state index contributed by atoms with van der Waals surface area (Å²) in [6, 6.07) is 15.3. The fourth-order valence-corrected chi connectivity index (χ4v) is 4.14. The van der Waals surface area contributed by atoms with Gasteiger partial charge in [-0.05, 0) is 54.4 Å². The third-order valence-corrected chi connectivity index (χ3v) is 6.16. The highest BCUT2D eigenvalue weighted by atomic mass is 19.4. The molecule has 0 aliphatic rings. The molecule has 0 aliphatic heterocycles.